The van der Waals surface area contributed by atoms with Crippen molar-refractivity contribution in [3.05, 3.63) is 51.6 Å². The highest BCUT2D eigenvalue weighted by Gasteiger charge is 2.18. The molecule has 5 nitrogen and oxygen atoms in total. The highest BCUT2D eigenvalue weighted by atomic mass is 35.5. The minimum absolute atomic E-state index is 0.108. The summed E-state index contributed by atoms with van der Waals surface area (Å²) in [6.45, 7) is 0. The Morgan fingerprint density at radius 1 is 0.917 bits per heavy atom. The zero-order valence-corrected chi connectivity index (χ0v) is 14.1. The Labute approximate surface area is 143 Å². The maximum atomic E-state index is 12.7. The Bertz CT molecular complexity index is 962. The summed E-state index contributed by atoms with van der Waals surface area (Å²) in [4.78, 5) is 12.7. The lowest BCUT2D eigenvalue weighted by Gasteiger charge is -2.12. The molecule has 0 bridgehead atoms. The molecule has 0 saturated heterocycles. The molecule has 0 radical (unpaired) electrons. The summed E-state index contributed by atoms with van der Waals surface area (Å²) < 4.78 is 21.7. The third-order valence-corrected chi connectivity index (χ3v) is 3.90. The van der Waals surface area contributed by atoms with E-state index in [1.165, 1.54) is 14.2 Å². The lowest BCUT2D eigenvalue weighted by molar-refractivity contribution is 0.355. The van der Waals surface area contributed by atoms with Gasteiger partial charge in [0, 0.05) is 10.6 Å². The number of rotatable bonds is 4. The van der Waals surface area contributed by atoms with E-state index in [4.69, 9.17) is 30.2 Å². The lowest BCUT2D eigenvalue weighted by atomic mass is 10.1. The topological polar surface area (TPSA) is 57.9 Å². The maximum Gasteiger partial charge on any atom is 0.235 e. The second-order valence-corrected chi connectivity index (χ2v) is 5.44. The van der Waals surface area contributed by atoms with Crippen LogP contribution in [-0.4, -0.2) is 21.3 Å². The van der Waals surface area contributed by atoms with Crippen molar-refractivity contribution in [2.75, 3.05) is 21.3 Å². The Morgan fingerprint density at radius 3 is 2.33 bits per heavy atom. The molecule has 0 saturated carbocycles. The molecule has 0 fully saturated rings. The van der Waals surface area contributed by atoms with Gasteiger partial charge in [0.05, 0.1) is 26.7 Å². The van der Waals surface area contributed by atoms with Gasteiger partial charge in [-0.2, -0.15) is 0 Å². The zero-order chi connectivity index (χ0) is 17.3. The molecule has 124 valence electrons. The predicted molar refractivity (Wildman–Crippen MR) is 92.6 cm³/mol. The Hall–Kier alpha value is -2.66. The monoisotopic (exact) mass is 346 g/mol. The molecule has 0 atom stereocenters. The standard InChI is InChI=1S/C18H15ClO5/c1-21-14-6-4-10(8-15(14)22-2)17-18(23-3)16(20)12-9-11(19)5-7-13(12)24-17/h4-9H,1-3H3. The van der Waals surface area contributed by atoms with Gasteiger partial charge in [0.1, 0.15) is 5.58 Å². The molecule has 0 N–H and O–H groups in total. The van der Waals surface area contributed by atoms with Gasteiger partial charge in [-0.25, -0.2) is 0 Å². The molecule has 24 heavy (non-hydrogen) atoms. The van der Waals surface area contributed by atoms with Gasteiger partial charge in [0.2, 0.25) is 11.2 Å². The smallest absolute Gasteiger partial charge is 0.235 e. The van der Waals surface area contributed by atoms with Gasteiger partial charge in [0.15, 0.2) is 17.3 Å². The molecule has 0 amide bonds. The molecule has 0 aliphatic carbocycles. The minimum Gasteiger partial charge on any atom is -0.493 e. The SMILES string of the molecule is COc1ccc(-c2oc3ccc(Cl)cc3c(=O)c2OC)cc1OC. The first kappa shape index (κ1) is 16.2. The molecule has 0 aliphatic heterocycles. The normalized spacial score (nSPS) is 10.7. The predicted octanol–water partition coefficient (Wildman–Crippen LogP) is 4.14. The van der Waals surface area contributed by atoms with Crippen LogP contribution in [0.25, 0.3) is 22.3 Å². The van der Waals surface area contributed by atoms with Crippen molar-refractivity contribution < 1.29 is 18.6 Å². The van der Waals surface area contributed by atoms with Crippen LogP contribution in [0.5, 0.6) is 17.2 Å². The van der Waals surface area contributed by atoms with Crippen molar-refractivity contribution >= 4 is 22.6 Å². The Kier molecular flexibility index (Phi) is 4.36. The fourth-order valence-electron chi connectivity index (χ4n) is 2.50. The molecule has 0 spiro atoms. The largest absolute Gasteiger partial charge is 0.493 e. The van der Waals surface area contributed by atoms with Crippen molar-refractivity contribution in [3.63, 3.8) is 0 Å². The van der Waals surface area contributed by atoms with Crippen LogP contribution in [0.1, 0.15) is 0 Å². The third kappa shape index (κ3) is 2.67. The summed E-state index contributed by atoms with van der Waals surface area (Å²) in [6.07, 6.45) is 0. The van der Waals surface area contributed by atoms with Gasteiger partial charge in [-0.1, -0.05) is 11.6 Å². The van der Waals surface area contributed by atoms with E-state index in [0.29, 0.717) is 38.8 Å². The summed E-state index contributed by atoms with van der Waals surface area (Å²) in [6, 6.07) is 10.1. The van der Waals surface area contributed by atoms with E-state index in [0.717, 1.165) is 0 Å². The van der Waals surface area contributed by atoms with Crippen molar-refractivity contribution in [1.82, 2.24) is 0 Å². The first-order chi connectivity index (χ1) is 11.6. The van der Waals surface area contributed by atoms with Crippen LogP contribution >= 0.6 is 11.6 Å². The Morgan fingerprint density at radius 2 is 1.67 bits per heavy atom. The zero-order valence-electron chi connectivity index (χ0n) is 13.4. The van der Waals surface area contributed by atoms with Crippen LogP contribution < -0.4 is 19.6 Å². The van der Waals surface area contributed by atoms with Crippen LogP contribution in [0, 0.1) is 0 Å². The molecular formula is C18H15ClO5. The summed E-state index contributed by atoms with van der Waals surface area (Å²) in [5.41, 5.74) is 0.777. The Balaban J connectivity index is 2.30. The molecule has 2 aromatic carbocycles. The number of methoxy groups -OCH3 is 3. The van der Waals surface area contributed by atoms with Crippen molar-refractivity contribution in [2.24, 2.45) is 0 Å². The van der Waals surface area contributed by atoms with E-state index in [-0.39, 0.29) is 11.2 Å². The number of fused-ring (bicyclic) bond motifs is 1. The van der Waals surface area contributed by atoms with Gasteiger partial charge < -0.3 is 18.6 Å². The fourth-order valence-corrected chi connectivity index (χ4v) is 2.68. The molecule has 1 heterocycles. The number of ether oxygens (including phenoxy) is 3. The van der Waals surface area contributed by atoms with Gasteiger partial charge in [0.25, 0.3) is 0 Å². The van der Waals surface area contributed by atoms with Gasteiger partial charge in [-0.3, -0.25) is 4.79 Å². The number of halogens is 1. The van der Waals surface area contributed by atoms with E-state index in [2.05, 4.69) is 0 Å². The van der Waals surface area contributed by atoms with Crippen LogP contribution in [-0.2, 0) is 0 Å². The van der Waals surface area contributed by atoms with E-state index in [1.807, 2.05) is 0 Å². The summed E-state index contributed by atoms with van der Waals surface area (Å²) in [5, 5.41) is 0.819. The highest BCUT2D eigenvalue weighted by molar-refractivity contribution is 6.31. The third-order valence-electron chi connectivity index (χ3n) is 3.66. The average molecular weight is 347 g/mol. The molecule has 3 rings (SSSR count). The average Bonchev–Trinajstić information content (AvgIpc) is 2.61. The molecular weight excluding hydrogens is 332 g/mol. The van der Waals surface area contributed by atoms with E-state index in [9.17, 15) is 4.79 Å². The van der Waals surface area contributed by atoms with Crippen molar-refractivity contribution in [2.45, 2.75) is 0 Å². The number of hydrogen-bond acceptors (Lipinski definition) is 5. The fraction of sp³-hybridized carbons (Fsp3) is 0.167. The van der Waals surface area contributed by atoms with Gasteiger partial charge >= 0.3 is 0 Å². The van der Waals surface area contributed by atoms with Crippen LogP contribution in [0.15, 0.2) is 45.6 Å². The molecule has 0 aliphatic rings. The quantitative estimate of drug-likeness (QED) is 0.710. The lowest BCUT2D eigenvalue weighted by Crippen LogP contribution is -2.07. The first-order valence-electron chi connectivity index (χ1n) is 7.11. The molecule has 0 unspecified atom stereocenters. The number of hydrogen-bond donors (Lipinski definition) is 0. The summed E-state index contributed by atoms with van der Waals surface area (Å²) in [7, 11) is 4.52. The van der Waals surface area contributed by atoms with Crippen LogP contribution in [0.3, 0.4) is 0 Å². The van der Waals surface area contributed by atoms with Crippen molar-refractivity contribution in [1.29, 1.82) is 0 Å². The summed E-state index contributed by atoms with van der Waals surface area (Å²) >= 11 is 5.96. The van der Waals surface area contributed by atoms with Gasteiger partial charge in [-0.15, -0.1) is 0 Å². The maximum absolute atomic E-state index is 12.7. The molecule has 3 aromatic rings. The van der Waals surface area contributed by atoms with Gasteiger partial charge in [-0.05, 0) is 36.4 Å². The number of benzene rings is 2. The van der Waals surface area contributed by atoms with E-state index in [1.54, 1.807) is 43.5 Å². The molecule has 1 aromatic heterocycles. The van der Waals surface area contributed by atoms with E-state index >= 15 is 0 Å². The summed E-state index contributed by atoms with van der Waals surface area (Å²) in [5.74, 6) is 1.53. The van der Waals surface area contributed by atoms with Crippen molar-refractivity contribution in [3.8, 4) is 28.6 Å². The first-order valence-corrected chi connectivity index (χ1v) is 7.49. The second kappa shape index (κ2) is 6.45. The highest BCUT2D eigenvalue weighted by Crippen LogP contribution is 2.36. The van der Waals surface area contributed by atoms with Crippen LogP contribution in [0.2, 0.25) is 5.02 Å². The van der Waals surface area contributed by atoms with E-state index < -0.39 is 0 Å². The van der Waals surface area contributed by atoms with Crippen LogP contribution in [0.4, 0.5) is 0 Å². The minimum atomic E-state index is -0.286. The molecule has 6 heteroatoms. The second-order valence-electron chi connectivity index (χ2n) is 5.00.